The van der Waals surface area contributed by atoms with Crippen molar-refractivity contribution in [3.8, 4) is 0 Å². The van der Waals surface area contributed by atoms with E-state index in [9.17, 15) is 4.79 Å². The minimum Gasteiger partial charge on any atom is -0.465 e. The van der Waals surface area contributed by atoms with Gasteiger partial charge in [-0.3, -0.25) is 4.79 Å². The largest absolute Gasteiger partial charge is 0.465 e. The van der Waals surface area contributed by atoms with E-state index in [1.807, 2.05) is 0 Å². The Labute approximate surface area is 143 Å². The van der Waals surface area contributed by atoms with Gasteiger partial charge in [0, 0.05) is 6.42 Å². The molecule has 3 nitrogen and oxygen atoms in total. The van der Waals surface area contributed by atoms with Crippen molar-refractivity contribution >= 4 is 5.97 Å². The molecule has 3 unspecified atom stereocenters. The van der Waals surface area contributed by atoms with Gasteiger partial charge in [-0.25, -0.2) is 0 Å². The van der Waals surface area contributed by atoms with Crippen LogP contribution in [0.3, 0.4) is 0 Å². The molecule has 0 N–H and O–H groups in total. The molecule has 0 aromatic rings. The van der Waals surface area contributed by atoms with Crippen LogP contribution in [0, 0.1) is 5.92 Å². The Balaban J connectivity index is 1.87. The second-order valence-corrected chi connectivity index (χ2v) is 7.03. The SMILES string of the molecule is CCCCC(CC)COC(=O)CCCCCCCC1OC1CC. The average molecular weight is 327 g/mol. The molecule has 136 valence electrons. The van der Waals surface area contributed by atoms with Gasteiger partial charge in [-0.1, -0.05) is 65.7 Å². The zero-order valence-electron chi connectivity index (χ0n) is 15.6. The third kappa shape index (κ3) is 10.0. The maximum absolute atomic E-state index is 11.8. The number of ether oxygens (including phenoxy) is 2. The van der Waals surface area contributed by atoms with E-state index in [1.54, 1.807) is 0 Å². The van der Waals surface area contributed by atoms with Crippen LogP contribution in [-0.2, 0) is 14.3 Å². The molecule has 0 aliphatic carbocycles. The fraction of sp³-hybridized carbons (Fsp3) is 0.950. The van der Waals surface area contributed by atoms with Gasteiger partial charge in [0.25, 0.3) is 0 Å². The Morgan fingerprint density at radius 1 is 1.00 bits per heavy atom. The van der Waals surface area contributed by atoms with Crippen LogP contribution in [0.4, 0.5) is 0 Å². The van der Waals surface area contributed by atoms with Crippen LogP contribution >= 0.6 is 0 Å². The van der Waals surface area contributed by atoms with E-state index in [0.29, 0.717) is 31.2 Å². The first-order chi connectivity index (χ1) is 11.2. The van der Waals surface area contributed by atoms with Gasteiger partial charge < -0.3 is 9.47 Å². The zero-order valence-corrected chi connectivity index (χ0v) is 15.6. The minimum atomic E-state index is -0.00267. The van der Waals surface area contributed by atoms with Crippen molar-refractivity contribution < 1.29 is 14.3 Å². The van der Waals surface area contributed by atoms with Crippen molar-refractivity contribution in [1.29, 1.82) is 0 Å². The van der Waals surface area contributed by atoms with Crippen LogP contribution in [0.1, 0.15) is 97.8 Å². The highest BCUT2D eigenvalue weighted by molar-refractivity contribution is 5.69. The quantitative estimate of drug-likeness (QED) is 0.222. The molecule has 1 aliphatic rings. The molecule has 1 rings (SSSR count). The third-order valence-corrected chi connectivity index (χ3v) is 4.98. The molecule has 1 saturated heterocycles. The lowest BCUT2D eigenvalue weighted by Gasteiger charge is -2.14. The monoisotopic (exact) mass is 326 g/mol. The van der Waals surface area contributed by atoms with Crippen LogP contribution in [0.25, 0.3) is 0 Å². The molecule has 0 spiro atoms. The lowest BCUT2D eigenvalue weighted by atomic mass is 10.0. The predicted molar refractivity (Wildman–Crippen MR) is 95.5 cm³/mol. The fourth-order valence-corrected chi connectivity index (χ4v) is 3.12. The Bertz CT molecular complexity index is 303. The molecule has 1 fully saturated rings. The highest BCUT2D eigenvalue weighted by Gasteiger charge is 2.35. The van der Waals surface area contributed by atoms with Crippen molar-refractivity contribution in [1.82, 2.24) is 0 Å². The summed E-state index contributed by atoms with van der Waals surface area (Å²) in [6.07, 6.45) is 14.7. The molecule has 3 atom stereocenters. The smallest absolute Gasteiger partial charge is 0.305 e. The molecule has 0 amide bonds. The van der Waals surface area contributed by atoms with Crippen molar-refractivity contribution in [2.24, 2.45) is 5.92 Å². The van der Waals surface area contributed by atoms with E-state index in [0.717, 1.165) is 25.7 Å². The maximum atomic E-state index is 11.8. The number of carbonyl (C=O) groups excluding carboxylic acids is 1. The Hall–Kier alpha value is -0.570. The Kier molecular flexibility index (Phi) is 11.4. The zero-order chi connectivity index (χ0) is 16.9. The number of rotatable bonds is 15. The summed E-state index contributed by atoms with van der Waals surface area (Å²) in [7, 11) is 0. The van der Waals surface area contributed by atoms with Gasteiger partial charge in [0.15, 0.2) is 0 Å². The first-order valence-corrected chi connectivity index (χ1v) is 10.0. The van der Waals surface area contributed by atoms with Gasteiger partial charge >= 0.3 is 5.97 Å². The molecule has 23 heavy (non-hydrogen) atoms. The van der Waals surface area contributed by atoms with Gasteiger partial charge in [0.1, 0.15) is 0 Å². The molecule has 0 radical (unpaired) electrons. The number of carbonyl (C=O) groups is 1. The lowest BCUT2D eigenvalue weighted by molar-refractivity contribution is -0.145. The van der Waals surface area contributed by atoms with E-state index in [1.165, 1.54) is 44.9 Å². The number of hydrogen-bond donors (Lipinski definition) is 0. The van der Waals surface area contributed by atoms with E-state index < -0.39 is 0 Å². The minimum absolute atomic E-state index is 0.00267. The molecule has 0 saturated carbocycles. The fourth-order valence-electron chi connectivity index (χ4n) is 3.12. The van der Waals surface area contributed by atoms with E-state index >= 15 is 0 Å². The summed E-state index contributed by atoms with van der Waals surface area (Å²) < 4.78 is 11.0. The van der Waals surface area contributed by atoms with Crippen molar-refractivity contribution in [3.05, 3.63) is 0 Å². The molecule has 0 aromatic carbocycles. The highest BCUT2D eigenvalue weighted by Crippen LogP contribution is 2.29. The van der Waals surface area contributed by atoms with Crippen LogP contribution in [-0.4, -0.2) is 24.8 Å². The highest BCUT2D eigenvalue weighted by atomic mass is 16.6. The lowest BCUT2D eigenvalue weighted by Crippen LogP contribution is -2.13. The van der Waals surface area contributed by atoms with E-state index in [2.05, 4.69) is 20.8 Å². The summed E-state index contributed by atoms with van der Waals surface area (Å²) in [5.74, 6) is 0.549. The first kappa shape index (κ1) is 20.5. The number of epoxide rings is 1. The Morgan fingerprint density at radius 2 is 1.74 bits per heavy atom. The molecule has 1 aliphatic heterocycles. The number of esters is 1. The van der Waals surface area contributed by atoms with E-state index in [-0.39, 0.29) is 5.97 Å². The van der Waals surface area contributed by atoms with Crippen molar-refractivity contribution in [2.75, 3.05) is 6.61 Å². The summed E-state index contributed by atoms with van der Waals surface area (Å²) in [5.41, 5.74) is 0. The van der Waals surface area contributed by atoms with Crippen molar-refractivity contribution in [3.63, 3.8) is 0 Å². The molecule has 0 aromatic heterocycles. The summed E-state index contributed by atoms with van der Waals surface area (Å²) in [6.45, 7) is 7.20. The summed E-state index contributed by atoms with van der Waals surface area (Å²) in [6, 6.07) is 0. The van der Waals surface area contributed by atoms with Crippen molar-refractivity contribution in [2.45, 2.75) is 110 Å². The van der Waals surface area contributed by atoms with Crippen LogP contribution in [0.5, 0.6) is 0 Å². The van der Waals surface area contributed by atoms with Gasteiger partial charge in [0.05, 0.1) is 18.8 Å². The predicted octanol–water partition coefficient (Wildman–Crippen LogP) is 5.65. The molecule has 1 heterocycles. The standard InChI is InChI=1S/C20H38O3/c1-4-7-13-17(5-2)16-22-20(21)15-12-10-8-9-11-14-19-18(6-3)23-19/h17-19H,4-16H2,1-3H3. The Morgan fingerprint density at radius 3 is 2.39 bits per heavy atom. The third-order valence-electron chi connectivity index (χ3n) is 4.98. The second kappa shape index (κ2) is 12.8. The second-order valence-electron chi connectivity index (χ2n) is 7.03. The molecular weight excluding hydrogens is 288 g/mol. The maximum Gasteiger partial charge on any atom is 0.305 e. The average Bonchev–Trinajstić information content (AvgIpc) is 3.32. The topological polar surface area (TPSA) is 38.8 Å². The van der Waals surface area contributed by atoms with Crippen LogP contribution < -0.4 is 0 Å². The number of unbranched alkanes of at least 4 members (excludes halogenated alkanes) is 5. The van der Waals surface area contributed by atoms with Gasteiger partial charge in [-0.05, 0) is 31.6 Å². The summed E-state index contributed by atoms with van der Waals surface area (Å²) in [5, 5.41) is 0. The molecule has 3 heteroatoms. The van der Waals surface area contributed by atoms with Crippen LogP contribution in [0.2, 0.25) is 0 Å². The van der Waals surface area contributed by atoms with Crippen LogP contribution in [0.15, 0.2) is 0 Å². The number of hydrogen-bond acceptors (Lipinski definition) is 3. The van der Waals surface area contributed by atoms with E-state index in [4.69, 9.17) is 9.47 Å². The summed E-state index contributed by atoms with van der Waals surface area (Å²) >= 11 is 0. The van der Waals surface area contributed by atoms with Gasteiger partial charge in [-0.15, -0.1) is 0 Å². The normalized spacial score (nSPS) is 21.2. The van der Waals surface area contributed by atoms with Gasteiger partial charge in [0.2, 0.25) is 0 Å². The van der Waals surface area contributed by atoms with Gasteiger partial charge in [-0.2, -0.15) is 0 Å². The molecule has 0 bridgehead atoms. The first-order valence-electron chi connectivity index (χ1n) is 10.0. The molecular formula is C20H38O3. The summed E-state index contributed by atoms with van der Waals surface area (Å²) in [4.78, 5) is 11.8.